The van der Waals surface area contributed by atoms with Gasteiger partial charge in [0, 0.05) is 32.6 Å². The Balaban J connectivity index is 2.39. The molecule has 4 N–H and O–H groups in total. The van der Waals surface area contributed by atoms with Crippen molar-refractivity contribution in [3.63, 3.8) is 0 Å². The lowest BCUT2D eigenvalue weighted by molar-refractivity contribution is -0.131. The maximum Gasteiger partial charge on any atom is 0.231 e. The van der Waals surface area contributed by atoms with Crippen LogP contribution in [0.25, 0.3) is 0 Å². The van der Waals surface area contributed by atoms with E-state index < -0.39 is 0 Å². The van der Waals surface area contributed by atoms with E-state index in [-0.39, 0.29) is 23.8 Å². The standard InChI is InChI=1S/C15H30N4O2/c1-15(2,6-7-16)5-4-14(21)19-9-3-8-18(10-11-19)12-13(17)20/h3-12,16H2,1-2H3,(H2,17,20). The fraction of sp³-hybridized carbons (Fsp3) is 0.867. The highest BCUT2D eigenvalue weighted by atomic mass is 16.2. The van der Waals surface area contributed by atoms with Gasteiger partial charge in [0.1, 0.15) is 0 Å². The summed E-state index contributed by atoms with van der Waals surface area (Å²) < 4.78 is 0. The summed E-state index contributed by atoms with van der Waals surface area (Å²) in [6, 6.07) is 0. The zero-order valence-corrected chi connectivity index (χ0v) is 13.4. The Kier molecular flexibility index (Phi) is 7.11. The van der Waals surface area contributed by atoms with E-state index in [0.717, 1.165) is 38.9 Å². The van der Waals surface area contributed by atoms with Gasteiger partial charge in [-0.1, -0.05) is 13.8 Å². The predicted molar refractivity (Wildman–Crippen MR) is 83.5 cm³/mol. The fourth-order valence-corrected chi connectivity index (χ4v) is 2.72. The van der Waals surface area contributed by atoms with Crippen LogP contribution in [0.15, 0.2) is 0 Å². The van der Waals surface area contributed by atoms with Crippen molar-refractivity contribution in [1.29, 1.82) is 0 Å². The van der Waals surface area contributed by atoms with Crippen LogP contribution in [0.3, 0.4) is 0 Å². The van der Waals surface area contributed by atoms with Crippen molar-refractivity contribution in [2.75, 3.05) is 39.3 Å². The lowest BCUT2D eigenvalue weighted by atomic mass is 9.84. The molecule has 6 nitrogen and oxygen atoms in total. The summed E-state index contributed by atoms with van der Waals surface area (Å²) in [4.78, 5) is 27.2. The molecule has 0 saturated carbocycles. The second-order valence-electron chi connectivity index (χ2n) is 6.68. The van der Waals surface area contributed by atoms with Gasteiger partial charge in [0.05, 0.1) is 6.54 Å². The molecule has 1 rings (SSSR count). The highest BCUT2D eigenvalue weighted by Gasteiger charge is 2.23. The number of primary amides is 1. The number of nitrogens with zero attached hydrogens (tertiary/aromatic N) is 2. The summed E-state index contributed by atoms with van der Waals surface area (Å²) >= 11 is 0. The molecule has 6 heteroatoms. The van der Waals surface area contributed by atoms with E-state index in [1.165, 1.54) is 0 Å². The third kappa shape index (κ3) is 6.91. The number of amides is 2. The van der Waals surface area contributed by atoms with Gasteiger partial charge in [0.2, 0.25) is 11.8 Å². The second kappa shape index (κ2) is 8.34. The van der Waals surface area contributed by atoms with Gasteiger partial charge >= 0.3 is 0 Å². The van der Waals surface area contributed by atoms with Crippen LogP contribution in [0.5, 0.6) is 0 Å². The fourth-order valence-electron chi connectivity index (χ4n) is 2.72. The predicted octanol–water partition coefficient (Wildman–Crippen LogP) is 0.161. The molecule has 1 aliphatic rings. The molecular weight excluding hydrogens is 268 g/mol. The monoisotopic (exact) mass is 298 g/mol. The first-order valence-corrected chi connectivity index (χ1v) is 7.82. The van der Waals surface area contributed by atoms with Gasteiger partial charge in [-0.15, -0.1) is 0 Å². The Bertz CT molecular complexity index is 358. The van der Waals surface area contributed by atoms with Gasteiger partial charge in [-0.25, -0.2) is 0 Å². The quantitative estimate of drug-likeness (QED) is 0.700. The van der Waals surface area contributed by atoms with Gasteiger partial charge in [-0.05, 0) is 31.2 Å². The molecule has 0 aromatic carbocycles. The average Bonchev–Trinajstić information content (AvgIpc) is 2.61. The molecule has 0 aromatic heterocycles. The topological polar surface area (TPSA) is 92.7 Å². The lowest BCUT2D eigenvalue weighted by Gasteiger charge is -2.26. The van der Waals surface area contributed by atoms with E-state index in [2.05, 4.69) is 13.8 Å². The van der Waals surface area contributed by atoms with E-state index >= 15 is 0 Å². The van der Waals surface area contributed by atoms with E-state index in [4.69, 9.17) is 11.5 Å². The Morgan fingerprint density at radius 3 is 2.43 bits per heavy atom. The van der Waals surface area contributed by atoms with Crippen molar-refractivity contribution in [3.8, 4) is 0 Å². The summed E-state index contributed by atoms with van der Waals surface area (Å²) in [6.07, 6.45) is 3.27. The van der Waals surface area contributed by atoms with E-state index in [0.29, 0.717) is 19.5 Å². The average molecular weight is 298 g/mol. The molecule has 21 heavy (non-hydrogen) atoms. The second-order valence-corrected chi connectivity index (χ2v) is 6.68. The first kappa shape index (κ1) is 17.9. The van der Waals surface area contributed by atoms with Crippen molar-refractivity contribution >= 4 is 11.8 Å². The number of rotatable bonds is 7. The molecule has 1 saturated heterocycles. The third-order valence-corrected chi connectivity index (χ3v) is 4.16. The van der Waals surface area contributed by atoms with Gasteiger partial charge in [0.25, 0.3) is 0 Å². The van der Waals surface area contributed by atoms with Crippen LogP contribution in [0.2, 0.25) is 0 Å². The van der Waals surface area contributed by atoms with Crippen molar-refractivity contribution in [1.82, 2.24) is 9.80 Å². The molecule has 0 unspecified atom stereocenters. The largest absolute Gasteiger partial charge is 0.369 e. The van der Waals surface area contributed by atoms with Gasteiger partial charge < -0.3 is 16.4 Å². The number of hydrogen-bond donors (Lipinski definition) is 2. The van der Waals surface area contributed by atoms with Crippen LogP contribution in [-0.4, -0.2) is 60.9 Å². The number of carbonyl (C=O) groups excluding carboxylic acids is 2. The van der Waals surface area contributed by atoms with Crippen LogP contribution in [0.4, 0.5) is 0 Å². The molecule has 1 aliphatic heterocycles. The van der Waals surface area contributed by atoms with Gasteiger partial charge in [0.15, 0.2) is 0 Å². The normalized spacial score (nSPS) is 17.6. The third-order valence-electron chi connectivity index (χ3n) is 4.16. The Morgan fingerprint density at radius 1 is 1.10 bits per heavy atom. The molecule has 1 fully saturated rings. The molecule has 122 valence electrons. The summed E-state index contributed by atoms with van der Waals surface area (Å²) in [5, 5.41) is 0. The first-order valence-electron chi connectivity index (χ1n) is 7.82. The molecule has 0 atom stereocenters. The van der Waals surface area contributed by atoms with Gasteiger partial charge in [-0.2, -0.15) is 0 Å². The molecule has 1 heterocycles. The number of nitrogens with two attached hydrogens (primary N) is 2. The van der Waals surface area contributed by atoms with Crippen molar-refractivity contribution in [2.24, 2.45) is 16.9 Å². The lowest BCUT2D eigenvalue weighted by Crippen LogP contribution is -2.38. The van der Waals surface area contributed by atoms with Gasteiger partial charge in [-0.3, -0.25) is 14.5 Å². The smallest absolute Gasteiger partial charge is 0.231 e. The first-order chi connectivity index (χ1) is 9.84. The minimum Gasteiger partial charge on any atom is -0.369 e. The molecular formula is C15H30N4O2. The molecule has 0 radical (unpaired) electrons. The Hall–Kier alpha value is -1.14. The highest BCUT2D eigenvalue weighted by Crippen LogP contribution is 2.26. The molecule has 0 aliphatic carbocycles. The molecule has 0 aromatic rings. The highest BCUT2D eigenvalue weighted by molar-refractivity contribution is 5.76. The zero-order valence-electron chi connectivity index (χ0n) is 13.4. The van der Waals surface area contributed by atoms with Crippen LogP contribution in [0, 0.1) is 5.41 Å². The maximum atomic E-state index is 12.3. The Labute approximate surface area is 127 Å². The van der Waals surface area contributed by atoms with E-state index in [9.17, 15) is 9.59 Å². The van der Waals surface area contributed by atoms with Crippen LogP contribution >= 0.6 is 0 Å². The SMILES string of the molecule is CC(C)(CCN)CCC(=O)N1CCCN(CC(N)=O)CC1. The van der Waals surface area contributed by atoms with Crippen LogP contribution in [-0.2, 0) is 9.59 Å². The van der Waals surface area contributed by atoms with E-state index in [1.54, 1.807) is 0 Å². The minimum absolute atomic E-state index is 0.119. The molecule has 0 bridgehead atoms. The Morgan fingerprint density at radius 2 is 1.81 bits per heavy atom. The van der Waals surface area contributed by atoms with Crippen LogP contribution < -0.4 is 11.5 Å². The minimum atomic E-state index is -0.307. The van der Waals surface area contributed by atoms with Crippen molar-refractivity contribution < 1.29 is 9.59 Å². The van der Waals surface area contributed by atoms with Crippen LogP contribution in [0.1, 0.15) is 39.5 Å². The summed E-state index contributed by atoms with van der Waals surface area (Å²) in [7, 11) is 0. The zero-order chi connectivity index (χ0) is 15.9. The number of hydrogen-bond acceptors (Lipinski definition) is 4. The number of carbonyl (C=O) groups is 2. The summed E-state index contributed by atoms with van der Waals surface area (Å²) in [5.74, 6) is -0.0978. The van der Waals surface area contributed by atoms with E-state index in [1.807, 2.05) is 9.80 Å². The summed E-state index contributed by atoms with van der Waals surface area (Å²) in [6.45, 7) is 8.26. The molecule has 2 amide bonds. The summed E-state index contributed by atoms with van der Waals surface area (Å²) in [5.41, 5.74) is 10.9. The molecule has 0 spiro atoms. The maximum absolute atomic E-state index is 12.3. The van der Waals surface area contributed by atoms with Crippen molar-refractivity contribution in [3.05, 3.63) is 0 Å². The van der Waals surface area contributed by atoms with Crippen molar-refractivity contribution in [2.45, 2.75) is 39.5 Å².